The van der Waals surface area contributed by atoms with Crippen molar-refractivity contribution in [3.05, 3.63) is 58.0 Å². The van der Waals surface area contributed by atoms with Crippen LogP contribution in [-0.4, -0.2) is 24.8 Å². The Kier molecular flexibility index (Phi) is 6.07. The van der Waals surface area contributed by atoms with Crippen LogP contribution in [0.15, 0.2) is 52.4 Å². The maximum Gasteiger partial charge on any atom is 0.264 e. The molecule has 0 unspecified atom stereocenters. The van der Waals surface area contributed by atoms with Crippen molar-refractivity contribution in [1.82, 2.24) is 5.32 Å². The third-order valence-corrected chi connectivity index (χ3v) is 4.68. The van der Waals surface area contributed by atoms with Crippen molar-refractivity contribution in [3.8, 4) is 23.8 Å². The summed E-state index contributed by atoms with van der Waals surface area (Å²) in [4.78, 5) is 17.2. The molecule has 7 heteroatoms. The molecule has 1 aliphatic heterocycles. The zero-order valence-corrected chi connectivity index (χ0v) is 15.9. The number of halogens is 1. The minimum atomic E-state index is -0.225. The molecule has 1 fully saturated rings. The van der Waals surface area contributed by atoms with Crippen LogP contribution < -0.4 is 14.8 Å². The van der Waals surface area contributed by atoms with E-state index in [2.05, 4.69) is 16.2 Å². The molecule has 0 spiro atoms. The quantitative estimate of drug-likeness (QED) is 0.604. The molecule has 0 aromatic heterocycles. The van der Waals surface area contributed by atoms with Gasteiger partial charge in [0.1, 0.15) is 6.61 Å². The van der Waals surface area contributed by atoms with E-state index < -0.39 is 0 Å². The van der Waals surface area contributed by atoms with Crippen LogP contribution >= 0.6 is 23.4 Å². The van der Waals surface area contributed by atoms with E-state index in [9.17, 15) is 4.79 Å². The molecule has 1 N–H and O–H groups in total. The van der Waals surface area contributed by atoms with Gasteiger partial charge < -0.3 is 14.8 Å². The number of rotatable bonds is 5. The van der Waals surface area contributed by atoms with E-state index in [4.69, 9.17) is 27.5 Å². The summed E-state index contributed by atoms with van der Waals surface area (Å²) >= 11 is 7.53. The Morgan fingerprint density at radius 2 is 2.11 bits per heavy atom. The van der Waals surface area contributed by atoms with Gasteiger partial charge in [0.25, 0.3) is 5.91 Å². The van der Waals surface area contributed by atoms with Crippen molar-refractivity contribution in [2.75, 3.05) is 13.7 Å². The summed E-state index contributed by atoms with van der Waals surface area (Å²) in [7, 11) is 1.51. The van der Waals surface area contributed by atoms with Gasteiger partial charge in [-0.2, -0.15) is 0 Å². The molecule has 27 heavy (non-hydrogen) atoms. The number of methoxy groups -OCH3 is 1. The van der Waals surface area contributed by atoms with Crippen LogP contribution in [0.1, 0.15) is 5.56 Å². The molecule has 5 nitrogen and oxygen atoms in total. The first-order chi connectivity index (χ1) is 13.1. The lowest BCUT2D eigenvalue weighted by atomic mass is 10.2. The third-order valence-electron chi connectivity index (χ3n) is 3.49. The average Bonchev–Trinajstić information content (AvgIpc) is 3.00. The van der Waals surface area contributed by atoms with Crippen LogP contribution in [0.4, 0.5) is 5.69 Å². The summed E-state index contributed by atoms with van der Waals surface area (Å²) in [6.45, 7) is 0.0775. The maximum absolute atomic E-state index is 12.2. The Hall–Kier alpha value is -2.88. The molecule has 1 saturated heterocycles. The number of terminal acetylenes is 1. The summed E-state index contributed by atoms with van der Waals surface area (Å²) in [5.74, 6) is 2.96. The first kappa shape index (κ1) is 18.9. The molecular weight excluding hydrogens is 384 g/mol. The first-order valence-corrected chi connectivity index (χ1v) is 9.08. The predicted molar refractivity (Wildman–Crippen MR) is 110 cm³/mol. The van der Waals surface area contributed by atoms with Gasteiger partial charge in [-0.15, -0.1) is 6.42 Å². The minimum Gasteiger partial charge on any atom is -0.493 e. The SMILES string of the molecule is C#CCOc1c(Cl)cc(/C=C2\SC(=Nc3ccccc3)NC2=O)cc1OC. The Balaban J connectivity index is 1.86. The summed E-state index contributed by atoms with van der Waals surface area (Å²) < 4.78 is 10.7. The second-order valence-electron chi connectivity index (χ2n) is 5.34. The topological polar surface area (TPSA) is 59.9 Å². The summed E-state index contributed by atoms with van der Waals surface area (Å²) in [6, 6.07) is 12.8. The van der Waals surface area contributed by atoms with Crippen LogP contribution in [0.2, 0.25) is 5.02 Å². The lowest BCUT2D eigenvalue weighted by molar-refractivity contribution is -0.115. The van der Waals surface area contributed by atoms with Crippen LogP contribution in [0.5, 0.6) is 11.5 Å². The van der Waals surface area contributed by atoms with Crippen molar-refractivity contribution in [2.24, 2.45) is 4.99 Å². The number of carbonyl (C=O) groups excluding carboxylic acids is 1. The first-order valence-electron chi connectivity index (χ1n) is 7.89. The number of hydrogen-bond donors (Lipinski definition) is 1. The molecule has 0 aliphatic carbocycles. The van der Waals surface area contributed by atoms with Gasteiger partial charge in [-0.3, -0.25) is 4.79 Å². The number of ether oxygens (including phenoxy) is 2. The van der Waals surface area contributed by atoms with Gasteiger partial charge in [-0.25, -0.2) is 4.99 Å². The number of amidine groups is 1. The fraction of sp³-hybridized carbons (Fsp3) is 0.100. The van der Waals surface area contributed by atoms with E-state index in [0.29, 0.717) is 32.2 Å². The van der Waals surface area contributed by atoms with Crippen LogP contribution in [-0.2, 0) is 4.79 Å². The van der Waals surface area contributed by atoms with Crippen LogP contribution in [0, 0.1) is 12.3 Å². The monoisotopic (exact) mass is 398 g/mol. The molecule has 3 rings (SSSR count). The summed E-state index contributed by atoms with van der Waals surface area (Å²) in [6.07, 6.45) is 6.93. The second-order valence-corrected chi connectivity index (χ2v) is 6.78. The standard InChI is InChI=1S/C20H15ClN2O3S/c1-3-9-26-18-15(21)10-13(11-16(18)25-2)12-17-19(24)23-20(27-17)22-14-7-5-4-6-8-14/h1,4-8,10-12H,9H2,2H3,(H,22,23,24)/b17-12-. The zero-order valence-electron chi connectivity index (χ0n) is 14.4. The number of amides is 1. The molecule has 136 valence electrons. The second kappa shape index (κ2) is 8.67. The number of para-hydroxylation sites is 1. The summed E-state index contributed by atoms with van der Waals surface area (Å²) in [5.41, 5.74) is 1.46. The van der Waals surface area contributed by atoms with E-state index >= 15 is 0 Å². The molecule has 1 aliphatic rings. The van der Waals surface area contributed by atoms with Gasteiger partial charge in [-0.05, 0) is 47.7 Å². The molecule has 1 heterocycles. The van der Waals surface area contributed by atoms with E-state index in [1.165, 1.54) is 18.9 Å². The molecule has 0 bridgehead atoms. The third kappa shape index (κ3) is 4.64. The van der Waals surface area contributed by atoms with Gasteiger partial charge in [0.15, 0.2) is 16.7 Å². The lowest BCUT2D eigenvalue weighted by Gasteiger charge is -2.11. The molecule has 1 amide bonds. The molecule has 2 aromatic carbocycles. The number of nitrogens with zero attached hydrogens (tertiary/aromatic N) is 1. The lowest BCUT2D eigenvalue weighted by Crippen LogP contribution is -2.19. The van der Waals surface area contributed by atoms with Gasteiger partial charge in [-0.1, -0.05) is 35.7 Å². The van der Waals surface area contributed by atoms with Gasteiger partial charge in [0.05, 0.1) is 22.7 Å². The van der Waals surface area contributed by atoms with Gasteiger partial charge >= 0.3 is 0 Å². The Morgan fingerprint density at radius 1 is 1.33 bits per heavy atom. The van der Waals surface area contributed by atoms with Crippen molar-refractivity contribution in [3.63, 3.8) is 0 Å². The minimum absolute atomic E-state index is 0.0775. The number of carbonyl (C=O) groups is 1. The van der Waals surface area contributed by atoms with Gasteiger partial charge in [0.2, 0.25) is 0 Å². The number of hydrogen-bond acceptors (Lipinski definition) is 5. The number of benzene rings is 2. The Morgan fingerprint density at radius 3 is 2.81 bits per heavy atom. The van der Waals surface area contributed by atoms with E-state index in [-0.39, 0.29) is 12.5 Å². The number of thioether (sulfide) groups is 1. The normalized spacial score (nSPS) is 16.3. The fourth-order valence-corrected chi connectivity index (χ4v) is 3.44. The highest BCUT2D eigenvalue weighted by molar-refractivity contribution is 8.18. The fourth-order valence-electron chi connectivity index (χ4n) is 2.33. The molecule has 2 aromatic rings. The number of nitrogens with one attached hydrogen (secondary N) is 1. The van der Waals surface area contributed by atoms with Crippen LogP contribution in [0.25, 0.3) is 6.08 Å². The van der Waals surface area contributed by atoms with Crippen molar-refractivity contribution >= 4 is 46.2 Å². The van der Waals surface area contributed by atoms with E-state index in [1.807, 2.05) is 30.3 Å². The molecular formula is C20H15ClN2O3S. The maximum atomic E-state index is 12.2. The molecule has 0 saturated carbocycles. The molecule has 0 atom stereocenters. The number of aliphatic imine (C=N–C) groups is 1. The highest BCUT2D eigenvalue weighted by Gasteiger charge is 2.24. The van der Waals surface area contributed by atoms with Crippen molar-refractivity contribution in [2.45, 2.75) is 0 Å². The largest absolute Gasteiger partial charge is 0.493 e. The highest BCUT2D eigenvalue weighted by atomic mass is 35.5. The summed E-state index contributed by atoms with van der Waals surface area (Å²) in [5, 5.41) is 3.61. The van der Waals surface area contributed by atoms with Crippen LogP contribution in [0.3, 0.4) is 0 Å². The Labute approximate surface area is 166 Å². The van der Waals surface area contributed by atoms with Crippen molar-refractivity contribution < 1.29 is 14.3 Å². The van der Waals surface area contributed by atoms with E-state index in [0.717, 1.165) is 5.69 Å². The average molecular weight is 399 g/mol. The highest BCUT2D eigenvalue weighted by Crippen LogP contribution is 2.38. The van der Waals surface area contributed by atoms with Crippen molar-refractivity contribution in [1.29, 1.82) is 0 Å². The smallest absolute Gasteiger partial charge is 0.264 e. The zero-order chi connectivity index (χ0) is 19.2. The van der Waals surface area contributed by atoms with E-state index in [1.54, 1.807) is 18.2 Å². The molecule has 0 radical (unpaired) electrons. The Bertz CT molecular complexity index is 965. The van der Waals surface area contributed by atoms with Gasteiger partial charge in [0, 0.05) is 0 Å². The predicted octanol–water partition coefficient (Wildman–Crippen LogP) is 4.25.